The van der Waals surface area contributed by atoms with Crippen LogP contribution in [-0.4, -0.2) is 28.1 Å². The lowest BCUT2D eigenvalue weighted by Crippen LogP contribution is -2.19. The highest BCUT2D eigenvalue weighted by Crippen LogP contribution is 2.26. The van der Waals surface area contributed by atoms with Gasteiger partial charge in [0, 0.05) is 19.4 Å². The summed E-state index contributed by atoms with van der Waals surface area (Å²) in [6, 6.07) is 6.98. The normalized spacial score (nSPS) is 10.2. The summed E-state index contributed by atoms with van der Waals surface area (Å²) in [5, 5.41) is 9.15. The molecule has 2 aromatic heterocycles. The number of anilines is 1. The van der Waals surface area contributed by atoms with E-state index in [4.69, 9.17) is 16.7 Å². The lowest BCUT2D eigenvalue weighted by molar-refractivity contribution is 0.0697. The van der Waals surface area contributed by atoms with E-state index in [9.17, 15) is 4.79 Å². The van der Waals surface area contributed by atoms with Crippen LogP contribution in [0.15, 0.2) is 36.7 Å². The minimum absolute atomic E-state index is 0.0412. The Hall–Kier alpha value is -2.14. The lowest BCUT2D eigenvalue weighted by atomic mass is 10.2. The first-order chi connectivity index (χ1) is 9.09. The summed E-state index contributed by atoms with van der Waals surface area (Å²) in [5.41, 5.74) is 0.892. The fraction of sp³-hybridized carbons (Fsp3) is 0.154. The van der Waals surface area contributed by atoms with E-state index in [2.05, 4.69) is 9.97 Å². The zero-order valence-electron chi connectivity index (χ0n) is 10.2. The van der Waals surface area contributed by atoms with Gasteiger partial charge in [-0.05, 0) is 18.2 Å². The van der Waals surface area contributed by atoms with E-state index < -0.39 is 5.97 Å². The summed E-state index contributed by atoms with van der Waals surface area (Å²) >= 11 is 6.06. The van der Waals surface area contributed by atoms with E-state index in [0.29, 0.717) is 12.4 Å². The Balaban J connectivity index is 2.27. The van der Waals surface area contributed by atoms with Gasteiger partial charge in [-0.1, -0.05) is 17.7 Å². The van der Waals surface area contributed by atoms with Gasteiger partial charge in [0.15, 0.2) is 0 Å². The van der Waals surface area contributed by atoms with Gasteiger partial charge in [0.25, 0.3) is 0 Å². The third kappa shape index (κ3) is 3.00. The summed E-state index contributed by atoms with van der Waals surface area (Å²) in [6.45, 7) is 0.497. The van der Waals surface area contributed by atoms with Crippen molar-refractivity contribution in [1.82, 2.24) is 9.97 Å². The molecule has 98 valence electrons. The van der Waals surface area contributed by atoms with Gasteiger partial charge in [0.05, 0.1) is 22.8 Å². The summed E-state index contributed by atoms with van der Waals surface area (Å²) in [6.07, 6.45) is 3.13. The average molecular weight is 278 g/mol. The molecular formula is C13H12ClN3O2. The zero-order valence-corrected chi connectivity index (χ0v) is 11.0. The van der Waals surface area contributed by atoms with Gasteiger partial charge in [-0.25, -0.2) is 9.78 Å². The van der Waals surface area contributed by atoms with E-state index in [1.165, 1.54) is 12.3 Å². The maximum atomic E-state index is 11.0. The van der Waals surface area contributed by atoms with Crippen molar-refractivity contribution in [2.75, 3.05) is 11.9 Å². The van der Waals surface area contributed by atoms with E-state index >= 15 is 0 Å². The number of carboxylic acid groups (broad SMARTS) is 1. The largest absolute Gasteiger partial charge is 0.478 e. The van der Waals surface area contributed by atoms with Gasteiger partial charge in [0.2, 0.25) is 0 Å². The summed E-state index contributed by atoms with van der Waals surface area (Å²) in [7, 11) is 1.79. The maximum absolute atomic E-state index is 11.0. The molecule has 2 aromatic rings. The molecule has 0 aromatic carbocycles. The van der Waals surface area contributed by atoms with Crippen LogP contribution in [0.5, 0.6) is 0 Å². The van der Waals surface area contributed by atoms with Crippen LogP contribution in [0.4, 0.5) is 5.82 Å². The molecule has 2 rings (SSSR count). The number of rotatable bonds is 4. The van der Waals surface area contributed by atoms with Crippen LogP contribution in [0.25, 0.3) is 0 Å². The molecule has 6 heteroatoms. The van der Waals surface area contributed by atoms with Crippen molar-refractivity contribution >= 4 is 23.4 Å². The smallest absolute Gasteiger partial charge is 0.337 e. The van der Waals surface area contributed by atoms with Crippen molar-refractivity contribution in [3.63, 3.8) is 0 Å². The van der Waals surface area contributed by atoms with Gasteiger partial charge in [-0.3, -0.25) is 4.98 Å². The van der Waals surface area contributed by atoms with Gasteiger partial charge in [-0.2, -0.15) is 0 Å². The zero-order chi connectivity index (χ0) is 13.8. The quantitative estimate of drug-likeness (QED) is 0.930. The Morgan fingerprint density at radius 3 is 2.74 bits per heavy atom. The molecule has 0 saturated carbocycles. The highest BCUT2D eigenvalue weighted by molar-refractivity contribution is 6.35. The van der Waals surface area contributed by atoms with Gasteiger partial charge in [0.1, 0.15) is 5.82 Å². The predicted octanol–water partition coefficient (Wildman–Crippen LogP) is 2.46. The second-order valence-electron chi connectivity index (χ2n) is 3.98. The summed E-state index contributed by atoms with van der Waals surface area (Å²) < 4.78 is 0. The third-order valence-electron chi connectivity index (χ3n) is 2.59. The van der Waals surface area contributed by atoms with Gasteiger partial charge < -0.3 is 10.0 Å². The van der Waals surface area contributed by atoms with Crippen molar-refractivity contribution in [2.45, 2.75) is 6.54 Å². The summed E-state index contributed by atoms with van der Waals surface area (Å²) in [5.74, 6) is -0.646. The molecule has 1 N–H and O–H groups in total. The van der Waals surface area contributed by atoms with Crippen LogP contribution in [0.3, 0.4) is 0 Å². The minimum Gasteiger partial charge on any atom is -0.478 e. The number of pyridine rings is 2. The number of hydrogen-bond donors (Lipinski definition) is 1. The van der Waals surface area contributed by atoms with E-state index in [-0.39, 0.29) is 10.6 Å². The first kappa shape index (κ1) is 13.3. The van der Waals surface area contributed by atoms with Crippen molar-refractivity contribution in [2.24, 2.45) is 0 Å². The number of carboxylic acids is 1. The van der Waals surface area contributed by atoms with Crippen molar-refractivity contribution in [1.29, 1.82) is 0 Å². The first-order valence-corrected chi connectivity index (χ1v) is 5.96. The fourth-order valence-corrected chi connectivity index (χ4v) is 2.01. The monoisotopic (exact) mass is 277 g/mol. The molecule has 5 nitrogen and oxygen atoms in total. The van der Waals surface area contributed by atoms with E-state index in [1.54, 1.807) is 18.1 Å². The minimum atomic E-state index is -1.07. The molecule has 0 saturated heterocycles. The number of carbonyl (C=O) groups is 1. The van der Waals surface area contributed by atoms with Crippen LogP contribution in [0.1, 0.15) is 16.1 Å². The lowest BCUT2D eigenvalue weighted by Gasteiger charge is -2.19. The van der Waals surface area contributed by atoms with Crippen LogP contribution in [0.2, 0.25) is 5.02 Å². The third-order valence-corrected chi connectivity index (χ3v) is 2.96. The van der Waals surface area contributed by atoms with Crippen LogP contribution in [0, 0.1) is 0 Å². The Morgan fingerprint density at radius 2 is 2.11 bits per heavy atom. The first-order valence-electron chi connectivity index (χ1n) is 5.58. The molecule has 2 heterocycles. The summed E-state index contributed by atoms with van der Waals surface area (Å²) in [4.78, 5) is 21.1. The number of aromatic carboxylic acids is 1. The molecule has 0 unspecified atom stereocenters. The molecule has 0 aliphatic rings. The second-order valence-corrected chi connectivity index (χ2v) is 4.36. The van der Waals surface area contributed by atoms with Gasteiger partial charge >= 0.3 is 5.97 Å². The molecular weight excluding hydrogens is 266 g/mol. The van der Waals surface area contributed by atoms with Crippen LogP contribution < -0.4 is 4.90 Å². The number of nitrogens with zero attached hydrogens (tertiary/aromatic N) is 3. The standard InChI is InChI=1S/C13H12ClN3O2/c1-17(8-9-4-2-3-6-15-9)12-11(14)10(13(18)19)5-7-16-12/h2-7H,8H2,1H3,(H,18,19). The highest BCUT2D eigenvalue weighted by atomic mass is 35.5. The molecule has 0 radical (unpaired) electrons. The molecule has 19 heavy (non-hydrogen) atoms. The molecule has 0 bridgehead atoms. The van der Waals surface area contributed by atoms with Crippen LogP contribution in [-0.2, 0) is 6.54 Å². The van der Waals surface area contributed by atoms with Crippen molar-refractivity contribution in [3.05, 3.63) is 52.9 Å². The number of aromatic nitrogens is 2. The Kier molecular flexibility index (Phi) is 3.97. The number of halogens is 1. The number of hydrogen-bond acceptors (Lipinski definition) is 4. The van der Waals surface area contributed by atoms with Crippen LogP contribution >= 0.6 is 11.6 Å². The Bertz CT molecular complexity index is 590. The molecule has 0 atom stereocenters. The highest BCUT2D eigenvalue weighted by Gasteiger charge is 2.16. The van der Waals surface area contributed by atoms with Crippen molar-refractivity contribution < 1.29 is 9.90 Å². The molecule has 0 amide bonds. The van der Waals surface area contributed by atoms with E-state index in [1.807, 2.05) is 18.2 Å². The maximum Gasteiger partial charge on any atom is 0.337 e. The second kappa shape index (κ2) is 5.67. The topological polar surface area (TPSA) is 66.3 Å². The molecule has 0 spiro atoms. The van der Waals surface area contributed by atoms with Crippen molar-refractivity contribution in [3.8, 4) is 0 Å². The molecule has 0 aliphatic carbocycles. The SMILES string of the molecule is CN(Cc1ccccn1)c1nccc(C(=O)O)c1Cl. The Labute approximate surface area is 115 Å². The molecule has 0 aliphatic heterocycles. The molecule has 0 fully saturated rings. The van der Waals surface area contributed by atoms with E-state index in [0.717, 1.165) is 5.69 Å². The fourth-order valence-electron chi connectivity index (χ4n) is 1.67. The Morgan fingerprint density at radius 1 is 1.32 bits per heavy atom. The van der Waals surface area contributed by atoms with Gasteiger partial charge in [-0.15, -0.1) is 0 Å². The predicted molar refractivity (Wildman–Crippen MR) is 72.6 cm³/mol. The average Bonchev–Trinajstić information content (AvgIpc) is 2.39.